The minimum atomic E-state index is -0.188. The Bertz CT molecular complexity index is 716. The number of amides is 1. The third-order valence-corrected chi connectivity index (χ3v) is 5.33. The SMILES string of the molecule is CC(CC#N)N1NC(Nc2ccc3c(c2)CCO3)C2C(=O)NCCC21. The molecule has 0 aromatic heterocycles. The number of hydrazine groups is 1. The maximum Gasteiger partial charge on any atom is 0.228 e. The number of nitriles is 1. The Morgan fingerprint density at radius 2 is 2.40 bits per heavy atom. The second-order valence-corrected chi connectivity index (χ2v) is 6.96. The molecule has 3 N–H and O–H groups in total. The van der Waals surface area contributed by atoms with Crippen molar-refractivity contribution in [2.45, 2.75) is 44.4 Å². The molecule has 4 unspecified atom stereocenters. The van der Waals surface area contributed by atoms with Crippen LogP contribution in [0.5, 0.6) is 5.75 Å². The van der Waals surface area contributed by atoms with E-state index in [0.717, 1.165) is 30.9 Å². The number of rotatable bonds is 4. The molecule has 2 saturated heterocycles. The van der Waals surface area contributed by atoms with E-state index in [1.807, 2.05) is 19.1 Å². The number of hydrogen-bond donors (Lipinski definition) is 3. The van der Waals surface area contributed by atoms with Crippen LogP contribution in [0.3, 0.4) is 0 Å². The van der Waals surface area contributed by atoms with Gasteiger partial charge in [0.15, 0.2) is 0 Å². The molecule has 3 heterocycles. The Morgan fingerprint density at radius 3 is 3.24 bits per heavy atom. The number of nitrogens with zero attached hydrogens (tertiary/aromatic N) is 2. The van der Waals surface area contributed by atoms with E-state index in [2.05, 4.69) is 33.2 Å². The summed E-state index contributed by atoms with van der Waals surface area (Å²) in [6.45, 7) is 3.43. The highest BCUT2D eigenvalue weighted by atomic mass is 16.5. The first-order valence-corrected chi connectivity index (χ1v) is 8.89. The Balaban J connectivity index is 1.55. The second kappa shape index (κ2) is 6.54. The van der Waals surface area contributed by atoms with Crippen LogP contribution in [0.2, 0.25) is 0 Å². The van der Waals surface area contributed by atoms with Crippen LogP contribution in [-0.2, 0) is 11.2 Å². The van der Waals surface area contributed by atoms with Crippen molar-refractivity contribution in [3.8, 4) is 11.8 Å². The quantitative estimate of drug-likeness (QED) is 0.757. The number of hydrogen-bond acceptors (Lipinski definition) is 6. The Hall–Kier alpha value is -2.30. The zero-order valence-electron chi connectivity index (χ0n) is 14.3. The van der Waals surface area contributed by atoms with Crippen LogP contribution >= 0.6 is 0 Å². The molecule has 7 heteroatoms. The molecule has 25 heavy (non-hydrogen) atoms. The van der Waals surface area contributed by atoms with Crippen LogP contribution in [0.25, 0.3) is 0 Å². The van der Waals surface area contributed by atoms with Gasteiger partial charge in [0.05, 0.1) is 25.0 Å². The summed E-state index contributed by atoms with van der Waals surface area (Å²) >= 11 is 0. The monoisotopic (exact) mass is 341 g/mol. The van der Waals surface area contributed by atoms with Crippen molar-refractivity contribution in [1.82, 2.24) is 15.8 Å². The first-order valence-electron chi connectivity index (χ1n) is 8.89. The van der Waals surface area contributed by atoms with Crippen molar-refractivity contribution >= 4 is 11.6 Å². The lowest BCUT2D eigenvalue weighted by molar-refractivity contribution is -0.127. The molecule has 0 saturated carbocycles. The van der Waals surface area contributed by atoms with Crippen molar-refractivity contribution in [1.29, 1.82) is 5.26 Å². The van der Waals surface area contributed by atoms with E-state index in [4.69, 9.17) is 10.00 Å². The normalized spacial score (nSPS) is 29.1. The molecular weight excluding hydrogens is 318 g/mol. The smallest absolute Gasteiger partial charge is 0.228 e. The van der Waals surface area contributed by atoms with Gasteiger partial charge in [0.2, 0.25) is 5.91 Å². The van der Waals surface area contributed by atoms with Gasteiger partial charge in [-0.05, 0) is 37.1 Å². The maximum atomic E-state index is 12.5. The summed E-state index contributed by atoms with van der Waals surface area (Å²) in [5.74, 6) is 0.833. The summed E-state index contributed by atoms with van der Waals surface area (Å²) < 4.78 is 5.56. The average Bonchev–Trinajstić information content (AvgIpc) is 3.20. The van der Waals surface area contributed by atoms with E-state index in [1.165, 1.54) is 5.56 Å². The predicted octanol–water partition coefficient (Wildman–Crippen LogP) is 0.987. The van der Waals surface area contributed by atoms with E-state index in [9.17, 15) is 4.79 Å². The van der Waals surface area contributed by atoms with Crippen molar-refractivity contribution in [3.05, 3.63) is 23.8 Å². The van der Waals surface area contributed by atoms with E-state index in [1.54, 1.807) is 0 Å². The molecule has 3 aliphatic rings. The summed E-state index contributed by atoms with van der Waals surface area (Å²) in [6.07, 6.45) is 2.04. The van der Waals surface area contributed by atoms with Crippen LogP contribution in [0.1, 0.15) is 25.3 Å². The fourth-order valence-corrected chi connectivity index (χ4v) is 4.10. The third kappa shape index (κ3) is 2.92. The molecule has 2 fully saturated rings. The van der Waals surface area contributed by atoms with Gasteiger partial charge in [-0.2, -0.15) is 5.26 Å². The summed E-state index contributed by atoms with van der Waals surface area (Å²) in [5.41, 5.74) is 5.62. The largest absolute Gasteiger partial charge is 0.493 e. The van der Waals surface area contributed by atoms with Gasteiger partial charge in [0, 0.05) is 30.7 Å². The third-order valence-electron chi connectivity index (χ3n) is 5.33. The molecule has 4 rings (SSSR count). The van der Waals surface area contributed by atoms with Crippen molar-refractivity contribution in [3.63, 3.8) is 0 Å². The van der Waals surface area contributed by atoms with Gasteiger partial charge in [-0.3, -0.25) is 4.79 Å². The van der Waals surface area contributed by atoms with Gasteiger partial charge in [-0.15, -0.1) is 0 Å². The molecule has 0 spiro atoms. The lowest BCUT2D eigenvalue weighted by Gasteiger charge is -2.33. The van der Waals surface area contributed by atoms with Gasteiger partial charge in [-0.1, -0.05) is 0 Å². The minimum absolute atomic E-state index is 0.0589. The molecule has 132 valence electrons. The van der Waals surface area contributed by atoms with Gasteiger partial charge in [0.1, 0.15) is 11.9 Å². The summed E-state index contributed by atoms with van der Waals surface area (Å²) in [4.78, 5) is 12.5. The van der Waals surface area contributed by atoms with Gasteiger partial charge in [-0.25, -0.2) is 10.4 Å². The molecule has 0 radical (unpaired) electrons. The highest BCUT2D eigenvalue weighted by Crippen LogP contribution is 2.32. The van der Waals surface area contributed by atoms with Gasteiger partial charge >= 0.3 is 0 Å². The highest BCUT2D eigenvalue weighted by molar-refractivity contribution is 5.82. The number of carbonyl (C=O) groups excluding carboxylic acids is 1. The van der Waals surface area contributed by atoms with Crippen LogP contribution < -0.4 is 20.8 Å². The maximum absolute atomic E-state index is 12.5. The predicted molar refractivity (Wildman–Crippen MR) is 92.6 cm³/mol. The van der Waals surface area contributed by atoms with Crippen LogP contribution in [0.15, 0.2) is 18.2 Å². The van der Waals surface area contributed by atoms with E-state index in [0.29, 0.717) is 13.0 Å². The van der Waals surface area contributed by atoms with Gasteiger partial charge in [0.25, 0.3) is 0 Å². The second-order valence-electron chi connectivity index (χ2n) is 6.96. The number of nitrogens with one attached hydrogen (secondary N) is 3. The fourth-order valence-electron chi connectivity index (χ4n) is 4.10. The zero-order valence-corrected chi connectivity index (χ0v) is 14.3. The zero-order chi connectivity index (χ0) is 17.4. The first kappa shape index (κ1) is 16.2. The molecule has 0 bridgehead atoms. The van der Waals surface area contributed by atoms with Crippen molar-refractivity contribution in [2.24, 2.45) is 5.92 Å². The van der Waals surface area contributed by atoms with Crippen molar-refractivity contribution in [2.75, 3.05) is 18.5 Å². The topological polar surface area (TPSA) is 89.4 Å². The molecule has 1 aromatic carbocycles. The minimum Gasteiger partial charge on any atom is -0.493 e. The average molecular weight is 341 g/mol. The summed E-state index contributed by atoms with van der Waals surface area (Å²) in [6, 6.07) is 8.46. The molecule has 1 amide bonds. The van der Waals surface area contributed by atoms with Crippen molar-refractivity contribution < 1.29 is 9.53 Å². The molecular formula is C18H23N5O2. The van der Waals surface area contributed by atoms with Crippen LogP contribution in [0.4, 0.5) is 5.69 Å². The highest BCUT2D eigenvalue weighted by Gasteiger charge is 2.48. The number of fused-ring (bicyclic) bond motifs is 2. The lowest BCUT2D eigenvalue weighted by Crippen LogP contribution is -2.51. The molecule has 7 nitrogen and oxygen atoms in total. The molecule has 4 atom stereocenters. The molecule has 1 aromatic rings. The summed E-state index contributed by atoms with van der Waals surface area (Å²) in [5, 5.41) is 17.6. The first-order chi connectivity index (χ1) is 12.2. The molecule has 3 aliphatic heterocycles. The van der Waals surface area contributed by atoms with Gasteiger partial charge < -0.3 is 15.4 Å². The van der Waals surface area contributed by atoms with Crippen LogP contribution in [-0.4, -0.2) is 42.3 Å². The number of ether oxygens (including phenoxy) is 1. The standard InChI is InChI=1S/C18H23N5O2/c1-11(4-7-19)23-14-5-8-20-18(24)16(14)17(22-23)21-13-2-3-15-12(10-13)6-9-25-15/h2-3,10-11,14,16-17,21-22H,4-6,8-9H2,1H3,(H,20,24). The number of piperidine rings is 1. The Kier molecular flexibility index (Phi) is 4.24. The van der Waals surface area contributed by atoms with E-state index in [-0.39, 0.29) is 30.1 Å². The van der Waals surface area contributed by atoms with E-state index < -0.39 is 0 Å². The molecule has 0 aliphatic carbocycles. The number of anilines is 1. The number of carbonyl (C=O) groups is 1. The van der Waals surface area contributed by atoms with Crippen LogP contribution in [0, 0.1) is 17.2 Å². The fraction of sp³-hybridized carbons (Fsp3) is 0.556. The summed E-state index contributed by atoms with van der Waals surface area (Å²) in [7, 11) is 0. The number of benzene rings is 1. The Labute approximate surface area is 147 Å². The Morgan fingerprint density at radius 1 is 1.52 bits per heavy atom. The lowest BCUT2D eigenvalue weighted by atomic mass is 9.90. The van der Waals surface area contributed by atoms with E-state index >= 15 is 0 Å².